The van der Waals surface area contributed by atoms with Gasteiger partial charge in [-0.1, -0.05) is 175 Å². The van der Waals surface area contributed by atoms with Crippen molar-refractivity contribution < 1.29 is 25.2 Å². The van der Waals surface area contributed by atoms with E-state index in [0.717, 1.165) is 0 Å². The number of rotatable bonds is 9. The van der Waals surface area contributed by atoms with Gasteiger partial charge in [0, 0.05) is 11.8 Å². The van der Waals surface area contributed by atoms with Crippen molar-refractivity contribution in [2.45, 2.75) is 11.8 Å². The van der Waals surface area contributed by atoms with Crippen LogP contribution in [0.3, 0.4) is 0 Å². The molecule has 0 nitrogen and oxygen atoms in total. The van der Waals surface area contributed by atoms with Crippen LogP contribution in [0.2, 0.25) is 0 Å². The Morgan fingerprint density at radius 1 is 0.407 bits per heavy atom. The summed E-state index contributed by atoms with van der Waals surface area (Å²) < 4.78 is 60.7. The van der Waals surface area contributed by atoms with Gasteiger partial charge >= 0.3 is 33.0 Å². The van der Waals surface area contributed by atoms with Crippen LogP contribution in [-0.2, 0) is 0 Å². The molecule has 7 aromatic carbocycles. The number of halogens is 6. The van der Waals surface area contributed by atoms with Gasteiger partial charge in [-0.15, -0.1) is 0 Å². The molecule has 0 amide bonds. The molecule has 0 atom stereocenters. The summed E-state index contributed by atoms with van der Waals surface area (Å²) in [5, 5.41) is 8.16. The number of hydrogen-bond acceptors (Lipinski definition) is 1. The predicted molar refractivity (Wildman–Crippen MR) is 226 cm³/mol. The molecule has 0 aliphatic carbocycles. The van der Waals surface area contributed by atoms with Crippen LogP contribution in [0.1, 0.15) is 5.56 Å². The Kier molecular flexibility index (Phi) is 11.2. The molecule has 0 aromatic heterocycles. The van der Waals surface area contributed by atoms with E-state index in [-0.39, 0.29) is 0 Å². The van der Waals surface area contributed by atoms with Gasteiger partial charge in [0.25, 0.3) is 0 Å². The maximum absolute atomic E-state index is 10.7. The van der Waals surface area contributed by atoms with Crippen LogP contribution in [0.15, 0.2) is 211 Å². The van der Waals surface area contributed by atoms with Crippen molar-refractivity contribution in [1.82, 2.24) is 0 Å². The monoisotopic (exact) mass is 804 g/mol. The molecule has 0 spiro atoms. The normalized spacial score (nSPS) is 13.1. The van der Waals surface area contributed by atoms with Crippen LogP contribution < -0.4 is 31.8 Å². The van der Waals surface area contributed by atoms with Crippen LogP contribution in [0, 0.1) is 6.92 Å². The summed E-state index contributed by atoms with van der Waals surface area (Å²) in [5.41, 5.74) is 1.27. The van der Waals surface area contributed by atoms with Crippen LogP contribution >= 0.6 is 33.7 Å². The van der Waals surface area contributed by atoms with Crippen molar-refractivity contribution >= 4 is 69.9 Å². The van der Waals surface area contributed by atoms with Gasteiger partial charge in [-0.25, -0.2) is 0 Å². The number of benzene rings is 7. The summed E-state index contributed by atoms with van der Waals surface area (Å²) in [7, 11) is -13.2. The Balaban J connectivity index is 0.000000649. The second-order valence-electron chi connectivity index (χ2n) is 12.5. The molecule has 0 heterocycles. The standard InChI is InChI=1S/C44H37P2S.F6P/c1-36-32-34-43(35-33-36)47-44(45(37-20-8-2-9-21-37,38-22-10-3-11-23-38)39-24-12-4-13-25-39)46(40-26-14-5-15-27-40,41-28-16-6-17-29-41)42-30-18-7-19-31-42;1-7(2,3,4,5)6/h2-35H,1H3;/q+1;-1. The van der Waals surface area contributed by atoms with E-state index in [1.807, 2.05) is 11.8 Å². The second kappa shape index (κ2) is 15.4. The molecule has 0 saturated heterocycles. The maximum atomic E-state index is 9.87. The average molecular weight is 805 g/mol. The van der Waals surface area contributed by atoms with Crippen molar-refractivity contribution in [2.75, 3.05) is 0 Å². The summed E-state index contributed by atoms with van der Waals surface area (Å²) in [6.45, 7) is -0.359. The van der Waals surface area contributed by atoms with Gasteiger partial charge in [0.05, 0.1) is 0 Å². The van der Waals surface area contributed by atoms with Crippen molar-refractivity contribution in [3.8, 4) is 0 Å². The molecular weight excluding hydrogens is 767 g/mol. The van der Waals surface area contributed by atoms with Gasteiger partial charge < -0.3 is 0 Å². The topological polar surface area (TPSA) is 0 Å². The molecule has 7 aromatic rings. The summed E-state index contributed by atoms with van der Waals surface area (Å²) in [6, 6.07) is 77.1. The molecule has 0 bridgehead atoms. The molecule has 0 aliphatic heterocycles. The molecule has 0 fully saturated rings. The zero-order valence-corrected chi connectivity index (χ0v) is 32.6. The van der Waals surface area contributed by atoms with E-state index in [1.54, 1.807) is 0 Å². The fourth-order valence-corrected chi connectivity index (χ4v) is 21.4. The van der Waals surface area contributed by atoms with Crippen LogP contribution in [-0.4, -0.2) is 4.37 Å². The number of aryl methyl sites for hydroxylation is 1. The summed E-state index contributed by atoms with van der Waals surface area (Å²) in [6.07, 6.45) is 0. The minimum absolute atomic E-state index is 1.25. The molecular formula is C44H37F6P3S. The minimum atomic E-state index is -10.7. The third kappa shape index (κ3) is 9.28. The van der Waals surface area contributed by atoms with E-state index in [0.29, 0.717) is 0 Å². The molecule has 54 heavy (non-hydrogen) atoms. The second-order valence-corrected chi connectivity index (χ2v) is 23.1. The first-order valence-electron chi connectivity index (χ1n) is 17.0. The quantitative estimate of drug-likeness (QED) is 0.0796. The van der Waals surface area contributed by atoms with E-state index >= 15 is 0 Å². The van der Waals surface area contributed by atoms with E-state index in [1.165, 1.54) is 46.7 Å². The Hall–Kier alpha value is -4.37. The Bertz CT molecular complexity index is 2120. The first kappa shape index (κ1) is 39.3. The first-order valence-corrected chi connectivity index (χ1v) is 23.4. The Morgan fingerprint density at radius 3 is 0.944 bits per heavy atom. The van der Waals surface area contributed by atoms with Crippen LogP contribution in [0.25, 0.3) is 0 Å². The van der Waals surface area contributed by atoms with E-state index in [9.17, 15) is 25.2 Å². The average Bonchev–Trinajstić information content (AvgIpc) is 3.18. The van der Waals surface area contributed by atoms with E-state index in [2.05, 4.69) is 213 Å². The fourth-order valence-electron chi connectivity index (χ4n) is 6.54. The van der Waals surface area contributed by atoms with Crippen LogP contribution in [0.5, 0.6) is 0 Å². The van der Waals surface area contributed by atoms with Gasteiger partial charge in [0.1, 0.15) is 15.9 Å². The molecule has 10 heteroatoms. The Morgan fingerprint density at radius 2 is 0.667 bits per heavy atom. The molecule has 7 rings (SSSR count). The van der Waals surface area contributed by atoms with E-state index < -0.39 is 22.0 Å². The number of thioether (sulfide) groups is 1. The molecule has 0 N–H and O–H groups in total. The summed E-state index contributed by atoms with van der Waals surface area (Å²) in [5.74, 6) is 0. The predicted octanol–water partition coefficient (Wildman–Crippen LogP) is 12.5. The third-order valence-corrected chi connectivity index (χ3v) is 20.9. The van der Waals surface area contributed by atoms with Crippen molar-refractivity contribution in [2.24, 2.45) is 0 Å². The van der Waals surface area contributed by atoms with Gasteiger partial charge in [0.15, 0.2) is 11.6 Å². The van der Waals surface area contributed by atoms with Gasteiger partial charge in [-0.3, -0.25) is 0 Å². The zero-order valence-electron chi connectivity index (χ0n) is 29.1. The summed E-state index contributed by atoms with van der Waals surface area (Å²) >= 11 is 2.00. The van der Waals surface area contributed by atoms with E-state index in [4.69, 9.17) is 0 Å². The van der Waals surface area contributed by atoms with Crippen molar-refractivity contribution in [3.05, 3.63) is 212 Å². The first-order chi connectivity index (χ1) is 25.7. The summed E-state index contributed by atoms with van der Waals surface area (Å²) in [4.78, 5) is 1.25. The molecule has 0 radical (unpaired) electrons. The van der Waals surface area contributed by atoms with Gasteiger partial charge in [-0.05, 0) is 71.4 Å². The van der Waals surface area contributed by atoms with Crippen molar-refractivity contribution in [1.29, 1.82) is 0 Å². The molecule has 0 aliphatic rings. The SMILES string of the molecule is Cc1ccc(SC(=P(c2ccccc2)(c2ccccc2)c2ccccc2)[P+](c2ccccc2)(c2ccccc2)c2ccccc2)cc1.F[P-](F)(F)(F)(F)F. The fraction of sp³-hybridized carbons (Fsp3) is 0.0227. The van der Waals surface area contributed by atoms with Crippen molar-refractivity contribution in [3.63, 3.8) is 0 Å². The number of hydrogen-bond donors (Lipinski definition) is 0. The van der Waals surface area contributed by atoms with Gasteiger partial charge in [-0.2, -0.15) is 0 Å². The molecule has 276 valence electrons. The Labute approximate surface area is 317 Å². The third-order valence-electron chi connectivity index (χ3n) is 8.66. The zero-order chi connectivity index (χ0) is 38.4. The van der Waals surface area contributed by atoms with Gasteiger partial charge in [0.2, 0.25) is 0 Å². The molecule has 0 saturated carbocycles. The molecule has 0 unspecified atom stereocenters. The van der Waals surface area contributed by atoms with Crippen LogP contribution in [0.4, 0.5) is 25.2 Å².